The zero-order chi connectivity index (χ0) is 17.9. The van der Waals surface area contributed by atoms with Crippen LogP contribution < -0.4 is 10.6 Å². The Bertz CT molecular complexity index is 524. The van der Waals surface area contributed by atoms with Crippen LogP contribution in [0.25, 0.3) is 0 Å². The summed E-state index contributed by atoms with van der Waals surface area (Å²) in [6.45, 7) is 7.04. The lowest BCUT2D eigenvalue weighted by Crippen LogP contribution is -2.38. The van der Waals surface area contributed by atoms with Crippen LogP contribution in [0.4, 0.5) is 0 Å². The summed E-state index contributed by atoms with van der Waals surface area (Å²) < 4.78 is 5.53. The summed E-state index contributed by atoms with van der Waals surface area (Å²) in [4.78, 5) is 17.6. The number of nitrogens with zero attached hydrogens (tertiary/aromatic N) is 2. The lowest BCUT2D eigenvalue weighted by molar-refractivity contribution is 0.0827. The van der Waals surface area contributed by atoms with E-state index in [0.29, 0.717) is 31.2 Å². The van der Waals surface area contributed by atoms with Gasteiger partial charge in [-0.25, -0.2) is 0 Å². The molecule has 0 aliphatic rings. The molecule has 0 bridgehead atoms. The second-order valence-corrected chi connectivity index (χ2v) is 6.22. The van der Waals surface area contributed by atoms with E-state index in [1.807, 2.05) is 24.3 Å². The van der Waals surface area contributed by atoms with Crippen molar-refractivity contribution in [1.29, 1.82) is 0 Å². The van der Waals surface area contributed by atoms with Gasteiger partial charge in [-0.05, 0) is 23.6 Å². The summed E-state index contributed by atoms with van der Waals surface area (Å²) >= 11 is 0. The quantitative estimate of drug-likeness (QED) is 0.432. The number of aliphatic imine (C=N–C) groups is 1. The van der Waals surface area contributed by atoms with Crippen molar-refractivity contribution in [2.24, 2.45) is 10.9 Å². The molecule has 0 radical (unpaired) electrons. The Morgan fingerprint density at radius 3 is 2.42 bits per heavy atom. The van der Waals surface area contributed by atoms with Gasteiger partial charge in [-0.15, -0.1) is 0 Å². The van der Waals surface area contributed by atoms with E-state index in [0.717, 1.165) is 18.1 Å². The molecule has 0 atom stereocenters. The first-order valence-corrected chi connectivity index (χ1v) is 8.27. The van der Waals surface area contributed by atoms with Crippen LogP contribution in [-0.4, -0.2) is 57.7 Å². The maximum Gasteiger partial charge on any atom is 0.253 e. The summed E-state index contributed by atoms with van der Waals surface area (Å²) in [6, 6.07) is 7.58. The number of benzene rings is 1. The minimum atomic E-state index is 0.00776. The molecule has 1 aromatic carbocycles. The predicted molar refractivity (Wildman–Crippen MR) is 98.3 cm³/mol. The van der Waals surface area contributed by atoms with Gasteiger partial charge in [0, 0.05) is 46.4 Å². The Labute approximate surface area is 145 Å². The number of hydrogen-bond acceptors (Lipinski definition) is 3. The topological polar surface area (TPSA) is 66.0 Å². The van der Waals surface area contributed by atoms with E-state index in [2.05, 4.69) is 29.5 Å². The van der Waals surface area contributed by atoms with E-state index < -0.39 is 0 Å². The molecule has 1 aromatic rings. The number of rotatable bonds is 8. The molecule has 0 aliphatic heterocycles. The number of hydrogen-bond donors (Lipinski definition) is 2. The van der Waals surface area contributed by atoms with Crippen LogP contribution in [0.2, 0.25) is 0 Å². The molecule has 1 rings (SSSR count). The highest BCUT2D eigenvalue weighted by atomic mass is 16.5. The van der Waals surface area contributed by atoms with Crippen molar-refractivity contribution in [3.63, 3.8) is 0 Å². The van der Waals surface area contributed by atoms with Crippen LogP contribution in [0.15, 0.2) is 29.3 Å². The van der Waals surface area contributed by atoms with E-state index in [1.54, 1.807) is 26.0 Å². The van der Waals surface area contributed by atoms with Crippen LogP contribution >= 0.6 is 0 Å². The summed E-state index contributed by atoms with van der Waals surface area (Å²) in [6.07, 6.45) is 0. The molecule has 0 heterocycles. The lowest BCUT2D eigenvalue weighted by atomic mass is 10.1. The van der Waals surface area contributed by atoms with Crippen molar-refractivity contribution in [2.75, 3.05) is 40.9 Å². The second-order valence-electron chi connectivity index (χ2n) is 6.22. The van der Waals surface area contributed by atoms with E-state index in [9.17, 15) is 4.79 Å². The number of carbonyl (C=O) groups excluding carboxylic acids is 1. The Morgan fingerprint density at radius 2 is 1.88 bits per heavy atom. The lowest BCUT2D eigenvalue weighted by Gasteiger charge is -2.13. The smallest absolute Gasteiger partial charge is 0.253 e. The first-order valence-electron chi connectivity index (χ1n) is 8.27. The van der Waals surface area contributed by atoms with Crippen molar-refractivity contribution >= 4 is 11.9 Å². The highest BCUT2D eigenvalue weighted by Gasteiger charge is 2.07. The second kappa shape index (κ2) is 10.6. The van der Waals surface area contributed by atoms with Crippen LogP contribution in [0.5, 0.6) is 0 Å². The van der Waals surface area contributed by atoms with Gasteiger partial charge in [-0.1, -0.05) is 26.0 Å². The number of carbonyl (C=O) groups is 1. The third-order valence-corrected chi connectivity index (χ3v) is 3.28. The molecule has 2 N–H and O–H groups in total. The van der Waals surface area contributed by atoms with Crippen molar-refractivity contribution in [1.82, 2.24) is 15.5 Å². The highest BCUT2D eigenvalue weighted by molar-refractivity contribution is 5.93. The molecule has 0 saturated heterocycles. The minimum absolute atomic E-state index is 0.00776. The summed E-state index contributed by atoms with van der Waals surface area (Å²) in [5.41, 5.74) is 1.78. The molecule has 0 spiro atoms. The summed E-state index contributed by atoms with van der Waals surface area (Å²) in [5, 5.41) is 6.46. The average Bonchev–Trinajstić information content (AvgIpc) is 2.56. The van der Waals surface area contributed by atoms with Crippen LogP contribution in [-0.2, 0) is 11.3 Å². The van der Waals surface area contributed by atoms with Gasteiger partial charge in [0.25, 0.3) is 5.91 Å². The largest absolute Gasteiger partial charge is 0.379 e. The third-order valence-electron chi connectivity index (χ3n) is 3.28. The van der Waals surface area contributed by atoms with Crippen LogP contribution in [0.3, 0.4) is 0 Å². The van der Waals surface area contributed by atoms with Gasteiger partial charge in [-0.3, -0.25) is 9.79 Å². The molecule has 6 heteroatoms. The van der Waals surface area contributed by atoms with Crippen molar-refractivity contribution < 1.29 is 9.53 Å². The maximum absolute atomic E-state index is 11.9. The molecule has 6 nitrogen and oxygen atoms in total. The highest BCUT2D eigenvalue weighted by Crippen LogP contribution is 2.06. The monoisotopic (exact) mass is 334 g/mol. The van der Waals surface area contributed by atoms with E-state index >= 15 is 0 Å². The van der Waals surface area contributed by atoms with Gasteiger partial charge in [0.15, 0.2) is 5.96 Å². The third kappa shape index (κ3) is 7.46. The number of guanidine groups is 1. The van der Waals surface area contributed by atoms with Gasteiger partial charge in [0.05, 0.1) is 6.61 Å². The molecular formula is C18H30N4O2. The standard InChI is InChI=1S/C18H30N4O2/c1-14(2)13-24-11-10-20-18(19-3)21-12-15-6-8-16(9-7-15)17(23)22(4)5/h6-9,14H,10-13H2,1-5H3,(H2,19,20,21). The van der Waals surface area contributed by atoms with Crippen LogP contribution in [0.1, 0.15) is 29.8 Å². The zero-order valence-corrected chi connectivity index (χ0v) is 15.4. The Balaban J connectivity index is 2.36. The first kappa shape index (κ1) is 20.0. The molecule has 0 aliphatic carbocycles. The molecule has 0 saturated carbocycles. The fourth-order valence-corrected chi connectivity index (χ4v) is 1.99. The summed E-state index contributed by atoms with van der Waals surface area (Å²) in [7, 11) is 5.24. The number of ether oxygens (including phenoxy) is 1. The fraction of sp³-hybridized carbons (Fsp3) is 0.556. The van der Waals surface area contributed by atoms with Gasteiger partial charge >= 0.3 is 0 Å². The Hall–Kier alpha value is -2.08. The molecule has 1 amide bonds. The zero-order valence-electron chi connectivity index (χ0n) is 15.4. The number of amides is 1. The normalized spacial score (nSPS) is 11.5. The van der Waals surface area contributed by atoms with E-state index in [-0.39, 0.29) is 5.91 Å². The molecule has 0 unspecified atom stereocenters. The average molecular weight is 334 g/mol. The maximum atomic E-state index is 11.9. The number of nitrogens with one attached hydrogen (secondary N) is 2. The Kier molecular flexibility index (Phi) is 8.86. The van der Waals surface area contributed by atoms with Gasteiger partial charge in [0.1, 0.15) is 0 Å². The molecule has 24 heavy (non-hydrogen) atoms. The molecular weight excluding hydrogens is 304 g/mol. The Morgan fingerprint density at radius 1 is 1.21 bits per heavy atom. The van der Waals surface area contributed by atoms with Crippen molar-refractivity contribution in [2.45, 2.75) is 20.4 Å². The van der Waals surface area contributed by atoms with Gasteiger partial charge in [0.2, 0.25) is 0 Å². The van der Waals surface area contributed by atoms with E-state index in [1.165, 1.54) is 0 Å². The van der Waals surface area contributed by atoms with E-state index in [4.69, 9.17) is 4.74 Å². The van der Waals surface area contributed by atoms with Crippen LogP contribution in [0, 0.1) is 5.92 Å². The molecule has 0 fully saturated rings. The molecule has 0 aromatic heterocycles. The summed E-state index contributed by atoms with van der Waals surface area (Å²) in [5.74, 6) is 1.29. The van der Waals surface area contributed by atoms with Gasteiger partial charge < -0.3 is 20.3 Å². The fourth-order valence-electron chi connectivity index (χ4n) is 1.99. The predicted octanol–water partition coefficient (Wildman–Crippen LogP) is 1.73. The first-order chi connectivity index (χ1) is 11.4. The molecule has 134 valence electrons. The van der Waals surface area contributed by atoms with Gasteiger partial charge in [-0.2, -0.15) is 0 Å². The van der Waals surface area contributed by atoms with Crippen molar-refractivity contribution in [3.05, 3.63) is 35.4 Å². The minimum Gasteiger partial charge on any atom is -0.379 e. The SMILES string of the molecule is CN=C(NCCOCC(C)C)NCc1ccc(C(=O)N(C)C)cc1. The van der Waals surface area contributed by atoms with Crippen molar-refractivity contribution in [3.8, 4) is 0 Å².